The second kappa shape index (κ2) is 4.47. The Morgan fingerprint density at radius 3 is 2.84 bits per heavy atom. The molecule has 0 spiro atoms. The summed E-state index contributed by atoms with van der Waals surface area (Å²) >= 11 is 7.30. The van der Waals surface area contributed by atoms with Crippen molar-refractivity contribution in [1.82, 2.24) is 4.98 Å². The van der Waals surface area contributed by atoms with Gasteiger partial charge in [-0.2, -0.15) is 0 Å². The number of anilines is 1. The Morgan fingerprint density at radius 2 is 2.21 bits per heavy atom. The molecule has 0 unspecified atom stereocenters. The number of fused-ring (bicyclic) bond motifs is 1. The lowest BCUT2D eigenvalue weighted by Crippen LogP contribution is -2.27. The average Bonchev–Trinajstić information content (AvgIpc) is 3.05. The number of hydrogen-bond acceptors (Lipinski definition) is 5. The first kappa shape index (κ1) is 12.4. The van der Waals surface area contributed by atoms with E-state index in [0.717, 1.165) is 4.70 Å². The topological polar surface area (TPSA) is 82.1 Å². The predicted molar refractivity (Wildman–Crippen MR) is 69.9 cm³/mol. The number of carboxylic acid groups (broad SMARTS) is 1. The van der Waals surface area contributed by atoms with E-state index in [1.165, 1.54) is 11.3 Å². The smallest absolute Gasteiger partial charge is 0.229 e. The molecular formula is C12H8ClN2O3S-. The summed E-state index contributed by atoms with van der Waals surface area (Å²) in [5.41, 5.74) is 0.636. The lowest BCUT2D eigenvalue weighted by Gasteiger charge is -2.01. The molecule has 1 aromatic carbocycles. The van der Waals surface area contributed by atoms with Gasteiger partial charge in [0, 0.05) is 17.8 Å². The van der Waals surface area contributed by atoms with Crippen LogP contribution in [0.4, 0.5) is 5.13 Å². The summed E-state index contributed by atoms with van der Waals surface area (Å²) in [6.45, 7) is 0. The zero-order valence-corrected chi connectivity index (χ0v) is 11.1. The average molecular weight is 296 g/mol. The number of aliphatic carboxylic acids is 1. The van der Waals surface area contributed by atoms with Crippen LogP contribution in [-0.4, -0.2) is 16.9 Å². The summed E-state index contributed by atoms with van der Waals surface area (Å²) in [5, 5.41) is 14.2. The maximum Gasteiger partial charge on any atom is 0.229 e. The highest BCUT2D eigenvalue weighted by atomic mass is 35.5. The number of nitrogens with zero attached hydrogens (tertiary/aromatic N) is 1. The van der Waals surface area contributed by atoms with Crippen LogP contribution in [0.2, 0.25) is 5.02 Å². The minimum atomic E-state index is -1.17. The summed E-state index contributed by atoms with van der Waals surface area (Å²) in [7, 11) is 0. The number of benzene rings is 1. The third-order valence-electron chi connectivity index (χ3n) is 3.03. The summed E-state index contributed by atoms with van der Waals surface area (Å²) < 4.78 is 0.870. The number of hydrogen-bond donors (Lipinski definition) is 1. The van der Waals surface area contributed by atoms with E-state index in [4.69, 9.17) is 11.6 Å². The van der Waals surface area contributed by atoms with Crippen LogP contribution in [0.1, 0.15) is 6.42 Å². The van der Waals surface area contributed by atoms with Gasteiger partial charge < -0.3 is 15.2 Å². The minimum Gasteiger partial charge on any atom is -0.550 e. The first-order chi connectivity index (χ1) is 9.06. The van der Waals surface area contributed by atoms with Gasteiger partial charge in [0.15, 0.2) is 5.13 Å². The fourth-order valence-corrected chi connectivity index (χ4v) is 3.08. The van der Waals surface area contributed by atoms with Crippen molar-refractivity contribution < 1.29 is 14.7 Å². The number of para-hydroxylation sites is 1. The predicted octanol–water partition coefficient (Wildman–Crippen LogP) is 1.27. The van der Waals surface area contributed by atoms with Crippen molar-refractivity contribution in [3.05, 3.63) is 23.2 Å². The third kappa shape index (κ3) is 2.29. The summed E-state index contributed by atoms with van der Waals surface area (Å²) in [6, 6.07) is 5.39. The molecule has 1 saturated carbocycles. The molecule has 2 aromatic rings. The number of amides is 1. The molecule has 7 heteroatoms. The highest BCUT2D eigenvalue weighted by Crippen LogP contribution is 2.39. The number of aromatic nitrogens is 1. The van der Waals surface area contributed by atoms with E-state index in [0.29, 0.717) is 22.1 Å². The largest absolute Gasteiger partial charge is 0.550 e. The van der Waals surface area contributed by atoms with E-state index >= 15 is 0 Å². The van der Waals surface area contributed by atoms with Crippen molar-refractivity contribution >= 4 is 50.2 Å². The van der Waals surface area contributed by atoms with Crippen LogP contribution < -0.4 is 10.4 Å². The van der Waals surface area contributed by atoms with E-state index in [1.807, 2.05) is 12.1 Å². The maximum atomic E-state index is 11.8. The van der Waals surface area contributed by atoms with Gasteiger partial charge in [0.2, 0.25) is 5.91 Å². The monoisotopic (exact) mass is 295 g/mol. The van der Waals surface area contributed by atoms with Gasteiger partial charge in [-0.1, -0.05) is 29.0 Å². The van der Waals surface area contributed by atoms with E-state index in [9.17, 15) is 14.7 Å². The van der Waals surface area contributed by atoms with Crippen molar-refractivity contribution in [3.63, 3.8) is 0 Å². The van der Waals surface area contributed by atoms with Crippen LogP contribution in [0.5, 0.6) is 0 Å². The first-order valence-electron chi connectivity index (χ1n) is 5.63. The molecule has 3 rings (SSSR count). The second-order valence-corrected chi connectivity index (χ2v) is 5.80. The molecule has 1 aromatic heterocycles. The van der Waals surface area contributed by atoms with Crippen molar-refractivity contribution in [2.45, 2.75) is 6.42 Å². The minimum absolute atomic E-state index is 0.329. The van der Waals surface area contributed by atoms with Crippen LogP contribution >= 0.6 is 22.9 Å². The molecule has 0 radical (unpaired) electrons. The van der Waals surface area contributed by atoms with E-state index in [1.54, 1.807) is 6.07 Å². The number of nitrogens with one attached hydrogen (secondary N) is 1. The molecule has 2 atom stereocenters. The molecule has 1 aliphatic carbocycles. The zero-order chi connectivity index (χ0) is 13.6. The van der Waals surface area contributed by atoms with Crippen LogP contribution in [0.3, 0.4) is 0 Å². The Bertz CT molecular complexity index is 685. The van der Waals surface area contributed by atoms with Gasteiger partial charge >= 0.3 is 0 Å². The third-order valence-corrected chi connectivity index (χ3v) is 4.27. The van der Waals surface area contributed by atoms with Crippen molar-refractivity contribution in [3.8, 4) is 0 Å². The van der Waals surface area contributed by atoms with Crippen molar-refractivity contribution in [1.29, 1.82) is 0 Å². The molecule has 0 saturated heterocycles. The number of carboxylic acids is 1. The van der Waals surface area contributed by atoms with Gasteiger partial charge in [-0.3, -0.25) is 4.79 Å². The summed E-state index contributed by atoms with van der Waals surface area (Å²) in [5.74, 6) is -2.68. The maximum absolute atomic E-state index is 11.8. The van der Waals surface area contributed by atoms with Crippen molar-refractivity contribution in [2.75, 3.05) is 5.32 Å². The van der Waals surface area contributed by atoms with Gasteiger partial charge in [0.25, 0.3) is 0 Å². The number of carbonyl (C=O) groups is 2. The molecule has 98 valence electrons. The molecule has 0 aliphatic heterocycles. The van der Waals surface area contributed by atoms with Gasteiger partial charge in [-0.05, 0) is 18.6 Å². The summed E-state index contributed by atoms with van der Waals surface area (Å²) in [6.07, 6.45) is 0.333. The fraction of sp³-hybridized carbons (Fsp3) is 0.250. The highest BCUT2D eigenvalue weighted by molar-refractivity contribution is 7.22. The first-order valence-corrected chi connectivity index (χ1v) is 6.82. The molecule has 5 nitrogen and oxygen atoms in total. The van der Waals surface area contributed by atoms with Crippen molar-refractivity contribution in [2.24, 2.45) is 11.8 Å². The fourth-order valence-electron chi connectivity index (χ4n) is 1.91. The number of carbonyl (C=O) groups excluding carboxylic acids is 2. The zero-order valence-electron chi connectivity index (χ0n) is 9.55. The van der Waals surface area contributed by atoms with E-state index < -0.39 is 17.8 Å². The Labute approximate surface area is 117 Å². The quantitative estimate of drug-likeness (QED) is 0.924. The lowest BCUT2D eigenvalue weighted by atomic mass is 10.3. The van der Waals surface area contributed by atoms with Crippen LogP contribution in [0, 0.1) is 11.8 Å². The number of thiazole rings is 1. The normalized spacial score (nSPS) is 21.3. The molecule has 1 amide bonds. The van der Waals surface area contributed by atoms with Gasteiger partial charge in [-0.15, -0.1) is 0 Å². The standard InChI is InChI=1S/C12H9ClN2O3S/c13-7-2-1-3-8-9(7)14-12(19-8)15-10(16)5-4-6(5)11(17)18/h1-3,5-6H,4H2,(H,17,18)(H,14,15,16)/p-1/t5-,6+/m1/s1. The molecule has 1 fully saturated rings. The molecule has 1 aliphatic rings. The molecule has 1 heterocycles. The van der Waals surface area contributed by atoms with Crippen LogP contribution in [0.25, 0.3) is 10.2 Å². The van der Waals surface area contributed by atoms with Gasteiger partial charge in [0.05, 0.1) is 9.72 Å². The van der Waals surface area contributed by atoms with E-state index in [-0.39, 0.29) is 5.91 Å². The molecule has 19 heavy (non-hydrogen) atoms. The molecule has 1 N–H and O–H groups in total. The SMILES string of the molecule is O=C([O-])[C@H]1C[C@H]1C(=O)Nc1nc2c(Cl)cccc2s1. The Balaban J connectivity index is 1.77. The van der Waals surface area contributed by atoms with Gasteiger partial charge in [0.1, 0.15) is 5.52 Å². The second-order valence-electron chi connectivity index (χ2n) is 4.36. The number of halogens is 1. The van der Waals surface area contributed by atoms with Gasteiger partial charge in [-0.25, -0.2) is 4.98 Å². The summed E-state index contributed by atoms with van der Waals surface area (Å²) in [4.78, 5) is 26.6. The number of rotatable bonds is 3. The van der Waals surface area contributed by atoms with E-state index in [2.05, 4.69) is 10.3 Å². The Morgan fingerprint density at radius 1 is 1.42 bits per heavy atom. The Kier molecular flexibility index (Phi) is 2.91. The lowest BCUT2D eigenvalue weighted by molar-refractivity contribution is -0.308. The Hall–Kier alpha value is -1.66. The molecular weight excluding hydrogens is 288 g/mol. The molecule has 0 bridgehead atoms. The van der Waals surface area contributed by atoms with Crippen LogP contribution in [0.15, 0.2) is 18.2 Å². The van der Waals surface area contributed by atoms with Crippen LogP contribution in [-0.2, 0) is 9.59 Å². The highest BCUT2D eigenvalue weighted by Gasteiger charge is 2.44.